The molecular weight excluding hydrogens is 304 g/mol. The molecule has 122 valence electrons. The van der Waals surface area contributed by atoms with Gasteiger partial charge in [-0.25, -0.2) is 9.50 Å². The summed E-state index contributed by atoms with van der Waals surface area (Å²) in [5.74, 6) is -1.20. The number of aromatic nitrogens is 4. The van der Waals surface area contributed by atoms with Gasteiger partial charge in [0.15, 0.2) is 6.61 Å². The van der Waals surface area contributed by atoms with Gasteiger partial charge in [0.1, 0.15) is 6.33 Å². The molecule has 0 fully saturated rings. The van der Waals surface area contributed by atoms with Crippen molar-refractivity contribution in [3.63, 3.8) is 0 Å². The van der Waals surface area contributed by atoms with Crippen molar-refractivity contribution in [3.8, 4) is 0 Å². The van der Waals surface area contributed by atoms with Crippen molar-refractivity contribution in [2.75, 3.05) is 6.61 Å². The molecule has 0 aliphatic carbocycles. The second-order valence-electron chi connectivity index (χ2n) is 4.80. The third-order valence-electron chi connectivity index (χ3n) is 3.05. The Morgan fingerprint density at radius 1 is 1.26 bits per heavy atom. The number of carbonyl (C=O) groups is 3. The van der Waals surface area contributed by atoms with Crippen molar-refractivity contribution >= 4 is 23.6 Å². The van der Waals surface area contributed by atoms with Gasteiger partial charge < -0.3 is 4.74 Å². The number of ether oxygens (including phenoxy) is 1. The first-order valence-electron chi connectivity index (χ1n) is 6.75. The van der Waals surface area contributed by atoms with Gasteiger partial charge in [-0.3, -0.25) is 25.2 Å². The van der Waals surface area contributed by atoms with Gasteiger partial charge in [0.2, 0.25) is 5.91 Å². The Bertz CT molecular complexity index is 769. The van der Waals surface area contributed by atoms with Crippen LogP contribution in [0.3, 0.4) is 0 Å². The van der Waals surface area contributed by atoms with E-state index in [0.29, 0.717) is 17.0 Å². The predicted molar refractivity (Wildman–Crippen MR) is 76.9 cm³/mol. The molecule has 0 saturated carbocycles. The highest BCUT2D eigenvalue weighted by atomic mass is 16.5. The van der Waals surface area contributed by atoms with Crippen LogP contribution in [0.1, 0.15) is 23.9 Å². The van der Waals surface area contributed by atoms with E-state index in [-0.39, 0.29) is 6.42 Å². The topological polar surface area (TPSA) is 128 Å². The van der Waals surface area contributed by atoms with Crippen LogP contribution < -0.4 is 10.9 Å². The van der Waals surface area contributed by atoms with Gasteiger partial charge in [-0.1, -0.05) is 0 Å². The smallest absolute Gasteiger partial charge is 0.310 e. The maximum Gasteiger partial charge on any atom is 0.310 e. The van der Waals surface area contributed by atoms with Crippen molar-refractivity contribution < 1.29 is 19.1 Å². The summed E-state index contributed by atoms with van der Waals surface area (Å²) in [5.41, 5.74) is 6.22. The highest BCUT2D eigenvalue weighted by Crippen LogP contribution is 2.13. The normalized spacial score (nSPS) is 10.4. The highest BCUT2D eigenvalue weighted by molar-refractivity contribution is 5.83. The van der Waals surface area contributed by atoms with Crippen LogP contribution in [-0.4, -0.2) is 44.0 Å². The molecule has 2 aromatic heterocycles. The Morgan fingerprint density at radius 3 is 2.70 bits per heavy atom. The number of hydrogen-bond donors (Lipinski definition) is 2. The largest absolute Gasteiger partial charge is 0.455 e. The Balaban J connectivity index is 1.98. The molecule has 23 heavy (non-hydrogen) atoms. The fraction of sp³-hybridized carbons (Fsp3) is 0.385. The quantitative estimate of drug-likeness (QED) is 0.546. The fourth-order valence-corrected chi connectivity index (χ4v) is 1.95. The first-order valence-corrected chi connectivity index (χ1v) is 6.75. The van der Waals surface area contributed by atoms with Gasteiger partial charge in [-0.05, 0) is 13.8 Å². The molecule has 2 N–H and O–H groups in total. The number of fused-ring (bicyclic) bond motifs is 1. The van der Waals surface area contributed by atoms with Crippen molar-refractivity contribution in [3.05, 3.63) is 23.3 Å². The summed E-state index contributed by atoms with van der Waals surface area (Å²) in [4.78, 5) is 42.1. The van der Waals surface area contributed by atoms with Crippen LogP contribution in [0.5, 0.6) is 0 Å². The fourth-order valence-electron chi connectivity index (χ4n) is 1.95. The van der Waals surface area contributed by atoms with E-state index >= 15 is 0 Å². The van der Waals surface area contributed by atoms with Crippen LogP contribution in [0.4, 0.5) is 0 Å². The van der Waals surface area contributed by atoms with Crippen molar-refractivity contribution in [1.82, 2.24) is 30.4 Å². The number of aryl methyl sites for hydroxylation is 2. The summed E-state index contributed by atoms with van der Waals surface area (Å²) in [6, 6.07) is 0. The molecule has 0 spiro atoms. The standard InChI is InChI=1S/C13H16N6O4/c1-7-10(8(2)19-13(16-7)14-6-15-19)4-12(22)23-5-11(21)18-17-9(3)20/h6H,4-5H2,1-3H3,(H,17,20)(H,18,21). The maximum absolute atomic E-state index is 11.9. The monoisotopic (exact) mass is 320 g/mol. The molecule has 0 aliphatic heterocycles. The number of esters is 1. The Kier molecular flexibility index (Phi) is 4.84. The zero-order chi connectivity index (χ0) is 17.0. The SMILES string of the molecule is CC(=O)NNC(=O)COC(=O)Cc1c(C)nc2ncnn2c1C. The van der Waals surface area contributed by atoms with E-state index in [4.69, 9.17) is 4.74 Å². The third kappa shape index (κ3) is 3.99. The number of hydrazine groups is 1. The lowest BCUT2D eigenvalue weighted by Crippen LogP contribution is -2.42. The van der Waals surface area contributed by atoms with Gasteiger partial charge in [0.05, 0.1) is 6.42 Å². The Labute approximate surface area is 131 Å². The minimum atomic E-state index is -0.633. The van der Waals surface area contributed by atoms with Crippen LogP contribution in [0.15, 0.2) is 6.33 Å². The van der Waals surface area contributed by atoms with Gasteiger partial charge in [0.25, 0.3) is 11.7 Å². The minimum Gasteiger partial charge on any atom is -0.455 e. The molecule has 0 aliphatic rings. The summed E-state index contributed by atoms with van der Waals surface area (Å²) < 4.78 is 6.40. The number of hydrogen-bond acceptors (Lipinski definition) is 7. The Morgan fingerprint density at radius 2 is 2.00 bits per heavy atom. The summed E-state index contributed by atoms with van der Waals surface area (Å²) in [5, 5.41) is 4.03. The number of amides is 2. The molecule has 0 aromatic carbocycles. The van der Waals surface area contributed by atoms with Gasteiger partial charge in [0, 0.05) is 23.9 Å². The molecule has 2 aromatic rings. The van der Waals surface area contributed by atoms with Crippen LogP contribution in [0, 0.1) is 13.8 Å². The molecule has 2 heterocycles. The molecule has 0 saturated heterocycles. The van der Waals surface area contributed by atoms with Gasteiger partial charge in [-0.15, -0.1) is 0 Å². The molecule has 0 atom stereocenters. The molecule has 0 bridgehead atoms. The summed E-state index contributed by atoms with van der Waals surface area (Å²) in [6.45, 7) is 4.30. The van der Waals surface area contributed by atoms with E-state index < -0.39 is 24.4 Å². The number of carbonyl (C=O) groups excluding carboxylic acids is 3. The van der Waals surface area contributed by atoms with E-state index in [0.717, 1.165) is 5.69 Å². The highest BCUT2D eigenvalue weighted by Gasteiger charge is 2.16. The lowest BCUT2D eigenvalue weighted by molar-refractivity contribution is -0.148. The van der Waals surface area contributed by atoms with E-state index in [1.165, 1.54) is 17.8 Å². The molecule has 10 heteroatoms. The average molecular weight is 320 g/mol. The second kappa shape index (κ2) is 6.81. The van der Waals surface area contributed by atoms with E-state index in [1.807, 2.05) is 0 Å². The number of nitrogens with zero attached hydrogens (tertiary/aromatic N) is 4. The number of rotatable bonds is 4. The zero-order valence-corrected chi connectivity index (χ0v) is 12.9. The van der Waals surface area contributed by atoms with E-state index in [1.54, 1.807) is 13.8 Å². The van der Waals surface area contributed by atoms with E-state index in [2.05, 4.69) is 25.9 Å². The summed E-state index contributed by atoms with van der Waals surface area (Å²) >= 11 is 0. The Hall–Kier alpha value is -3.04. The van der Waals surface area contributed by atoms with Crippen molar-refractivity contribution in [1.29, 1.82) is 0 Å². The molecule has 2 rings (SSSR count). The van der Waals surface area contributed by atoms with Gasteiger partial charge in [-0.2, -0.15) is 10.1 Å². The summed E-state index contributed by atoms with van der Waals surface area (Å²) in [6.07, 6.45) is 1.33. The molecule has 10 nitrogen and oxygen atoms in total. The van der Waals surface area contributed by atoms with Crippen molar-refractivity contribution in [2.24, 2.45) is 0 Å². The van der Waals surface area contributed by atoms with E-state index in [9.17, 15) is 14.4 Å². The molecule has 0 unspecified atom stereocenters. The first-order chi connectivity index (χ1) is 10.9. The van der Waals surface area contributed by atoms with Crippen LogP contribution in [-0.2, 0) is 25.5 Å². The zero-order valence-electron chi connectivity index (χ0n) is 12.9. The summed E-state index contributed by atoms with van der Waals surface area (Å²) in [7, 11) is 0. The van der Waals surface area contributed by atoms with Crippen molar-refractivity contribution in [2.45, 2.75) is 27.2 Å². The lowest BCUT2D eigenvalue weighted by atomic mass is 10.1. The average Bonchev–Trinajstić information content (AvgIpc) is 2.95. The molecule has 0 radical (unpaired) electrons. The third-order valence-corrected chi connectivity index (χ3v) is 3.05. The van der Waals surface area contributed by atoms with Crippen LogP contribution >= 0.6 is 0 Å². The predicted octanol–water partition coefficient (Wildman–Crippen LogP) is -1.01. The lowest BCUT2D eigenvalue weighted by Gasteiger charge is -2.10. The number of nitrogens with one attached hydrogen (secondary N) is 2. The molecule has 2 amide bonds. The maximum atomic E-state index is 11.9. The molecular formula is C13H16N6O4. The van der Waals surface area contributed by atoms with Gasteiger partial charge >= 0.3 is 5.97 Å². The second-order valence-corrected chi connectivity index (χ2v) is 4.80. The first kappa shape index (κ1) is 16.3. The van der Waals surface area contributed by atoms with Crippen LogP contribution in [0.25, 0.3) is 5.78 Å². The minimum absolute atomic E-state index is 0.0477. The van der Waals surface area contributed by atoms with Crippen LogP contribution in [0.2, 0.25) is 0 Å².